The lowest BCUT2D eigenvalue weighted by atomic mass is 10.0. The predicted molar refractivity (Wildman–Crippen MR) is 199 cm³/mol. The van der Waals surface area contributed by atoms with Crippen molar-refractivity contribution in [3.63, 3.8) is 0 Å². The molecule has 2 aromatic carbocycles. The second-order valence-corrected chi connectivity index (χ2v) is 13.4. The first kappa shape index (κ1) is 38.0. The van der Waals surface area contributed by atoms with Gasteiger partial charge in [-0.3, -0.25) is 9.98 Å². The van der Waals surface area contributed by atoms with Crippen LogP contribution in [0.1, 0.15) is 179 Å². The zero-order valence-corrected chi connectivity index (χ0v) is 29.7. The van der Waals surface area contributed by atoms with Crippen LogP contribution in [0.2, 0.25) is 0 Å². The fourth-order valence-corrected chi connectivity index (χ4v) is 6.22. The minimum Gasteiger partial charge on any atom is -0.252 e. The van der Waals surface area contributed by atoms with Gasteiger partial charge in [-0.15, -0.1) is 0 Å². The van der Waals surface area contributed by atoms with Gasteiger partial charge in [0.15, 0.2) is 0 Å². The molecule has 0 saturated carbocycles. The quantitative estimate of drug-likeness (QED) is 0.0758. The summed E-state index contributed by atoms with van der Waals surface area (Å²) in [5.41, 5.74) is 8.51. The Bertz CT molecular complexity index is 1040. The van der Waals surface area contributed by atoms with Crippen LogP contribution < -0.4 is 0 Å². The molecule has 0 heterocycles. The molecule has 2 nitrogen and oxygen atoms in total. The first-order valence-corrected chi connectivity index (χ1v) is 18.9. The smallest absolute Gasteiger partial charge is 0.0639 e. The van der Waals surface area contributed by atoms with Gasteiger partial charge in [0.2, 0.25) is 0 Å². The molecule has 0 aliphatic heterocycles. The molecule has 0 N–H and O–H groups in total. The average Bonchev–Trinajstić information content (AvgIpc) is 3.00. The van der Waals surface area contributed by atoms with Crippen molar-refractivity contribution in [3.8, 4) is 0 Å². The Morgan fingerprint density at radius 3 is 1.45 bits per heavy atom. The molecular weight excluding hydrogens is 532 g/mol. The van der Waals surface area contributed by atoms with Crippen LogP contribution in [0.3, 0.4) is 0 Å². The van der Waals surface area contributed by atoms with Gasteiger partial charge in [0.1, 0.15) is 0 Å². The molecule has 0 unspecified atom stereocenters. The van der Waals surface area contributed by atoms with Gasteiger partial charge < -0.3 is 0 Å². The molecule has 246 valence electrons. The second kappa shape index (κ2) is 25.0. The number of hydrogen-bond donors (Lipinski definition) is 0. The third kappa shape index (κ3) is 17.9. The standard InChI is InChI=1S/C42H68N2/c1-6-9-12-13-14-15-16-17-18-19-20-21-22-23-25-27-38-28-26-29-39(35-38)43-41(30-11-8-3)42(31-24-10-7-2)44-40-33-36(4)32-37(5)34-40/h26,28-29,32-35H,6-25,27,30-31H2,1-5H3. The molecule has 2 aromatic rings. The van der Waals surface area contributed by atoms with Crippen LogP contribution in [0.25, 0.3) is 0 Å². The van der Waals surface area contributed by atoms with Crippen LogP contribution in [0.5, 0.6) is 0 Å². The van der Waals surface area contributed by atoms with Crippen LogP contribution in [-0.2, 0) is 6.42 Å². The molecule has 0 fully saturated rings. The summed E-state index contributed by atoms with van der Waals surface area (Å²) in [4.78, 5) is 10.5. The van der Waals surface area contributed by atoms with Crippen molar-refractivity contribution in [2.45, 2.75) is 182 Å². The molecule has 2 heteroatoms. The van der Waals surface area contributed by atoms with E-state index in [4.69, 9.17) is 9.98 Å². The van der Waals surface area contributed by atoms with Gasteiger partial charge in [0.25, 0.3) is 0 Å². The van der Waals surface area contributed by atoms with Crippen molar-refractivity contribution in [1.29, 1.82) is 0 Å². The number of hydrogen-bond acceptors (Lipinski definition) is 2. The Hall–Kier alpha value is -2.22. The highest BCUT2D eigenvalue weighted by Crippen LogP contribution is 2.23. The van der Waals surface area contributed by atoms with E-state index in [1.165, 1.54) is 150 Å². The largest absolute Gasteiger partial charge is 0.252 e. The minimum absolute atomic E-state index is 0.996. The third-order valence-electron chi connectivity index (χ3n) is 8.83. The minimum atomic E-state index is 0.996. The van der Waals surface area contributed by atoms with Gasteiger partial charge in [-0.1, -0.05) is 148 Å². The number of aliphatic imine (C=N–C) groups is 2. The molecule has 0 bridgehead atoms. The maximum absolute atomic E-state index is 5.28. The van der Waals surface area contributed by atoms with Crippen molar-refractivity contribution >= 4 is 22.8 Å². The monoisotopic (exact) mass is 601 g/mol. The van der Waals surface area contributed by atoms with Gasteiger partial charge in [0, 0.05) is 0 Å². The Morgan fingerprint density at radius 2 is 0.909 bits per heavy atom. The molecule has 0 atom stereocenters. The number of rotatable bonds is 26. The summed E-state index contributed by atoms with van der Waals surface area (Å²) in [5.74, 6) is 0. The SMILES string of the molecule is CCCCCCCCCCCCCCCCCc1cccc(N=C(CCCC)C(CCCCC)=Nc2cc(C)cc(C)c2)c1. The van der Waals surface area contributed by atoms with E-state index in [-0.39, 0.29) is 0 Å². The van der Waals surface area contributed by atoms with Crippen molar-refractivity contribution < 1.29 is 0 Å². The lowest BCUT2D eigenvalue weighted by Gasteiger charge is -2.12. The fraction of sp³-hybridized carbons (Fsp3) is 0.667. The van der Waals surface area contributed by atoms with Crippen molar-refractivity contribution in [2.24, 2.45) is 9.98 Å². The van der Waals surface area contributed by atoms with E-state index in [1.807, 2.05) is 0 Å². The highest BCUT2D eigenvalue weighted by atomic mass is 14.8. The number of aryl methyl sites for hydroxylation is 3. The summed E-state index contributed by atoms with van der Waals surface area (Å²) in [5, 5.41) is 0. The van der Waals surface area contributed by atoms with E-state index >= 15 is 0 Å². The summed E-state index contributed by atoms with van der Waals surface area (Å²) in [6, 6.07) is 15.7. The van der Waals surface area contributed by atoms with Crippen LogP contribution in [-0.4, -0.2) is 11.4 Å². The predicted octanol–water partition coefficient (Wildman–Crippen LogP) is 14.3. The summed E-state index contributed by atoms with van der Waals surface area (Å²) in [7, 11) is 0. The summed E-state index contributed by atoms with van der Waals surface area (Å²) in [6.45, 7) is 11.2. The third-order valence-corrected chi connectivity index (χ3v) is 8.83. The van der Waals surface area contributed by atoms with E-state index in [2.05, 4.69) is 77.1 Å². The van der Waals surface area contributed by atoms with E-state index in [0.717, 1.165) is 37.1 Å². The Balaban J connectivity index is 1.86. The van der Waals surface area contributed by atoms with Crippen molar-refractivity contribution in [3.05, 3.63) is 59.2 Å². The molecule has 0 aliphatic carbocycles. The van der Waals surface area contributed by atoms with Gasteiger partial charge in [0.05, 0.1) is 22.8 Å². The Labute approximate surface area is 273 Å². The molecule has 2 rings (SSSR count). The van der Waals surface area contributed by atoms with E-state index in [0.29, 0.717) is 0 Å². The van der Waals surface area contributed by atoms with Crippen molar-refractivity contribution in [1.82, 2.24) is 0 Å². The van der Waals surface area contributed by atoms with E-state index < -0.39 is 0 Å². The molecule has 0 spiro atoms. The second-order valence-electron chi connectivity index (χ2n) is 13.4. The molecule has 44 heavy (non-hydrogen) atoms. The fourth-order valence-electron chi connectivity index (χ4n) is 6.22. The maximum Gasteiger partial charge on any atom is 0.0639 e. The topological polar surface area (TPSA) is 24.7 Å². The zero-order valence-electron chi connectivity index (χ0n) is 29.7. The molecule has 0 radical (unpaired) electrons. The van der Waals surface area contributed by atoms with Gasteiger partial charge in [-0.2, -0.15) is 0 Å². The summed E-state index contributed by atoms with van der Waals surface area (Å²) in [6.07, 6.45) is 30.3. The maximum atomic E-state index is 5.28. The highest BCUT2D eigenvalue weighted by Gasteiger charge is 2.11. The molecule has 0 aliphatic rings. The van der Waals surface area contributed by atoms with Gasteiger partial charge >= 0.3 is 0 Å². The average molecular weight is 601 g/mol. The number of unbranched alkanes of at least 4 members (excludes halogenated alkanes) is 17. The van der Waals surface area contributed by atoms with E-state index in [9.17, 15) is 0 Å². The highest BCUT2D eigenvalue weighted by molar-refractivity contribution is 6.43. The number of nitrogens with zero attached hydrogens (tertiary/aromatic N) is 2. The van der Waals surface area contributed by atoms with E-state index in [1.54, 1.807) is 0 Å². The van der Waals surface area contributed by atoms with Gasteiger partial charge in [-0.05, 0) is 93.3 Å². The normalized spacial score (nSPS) is 12.3. The lowest BCUT2D eigenvalue weighted by Crippen LogP contribution is -2.14. The summed E-state index contributed by atoms with van der Waals surface area (Å²) < 4.78 is 0. The molecule has 0 aromatic heterocycles. The van der Waals surface area contributed by atoms with Crippen LogP contribution >= 0.6 is 0 Å². The zero-order chi connectivity index (χ0) is 31.7. The Morgan fingerprint density at radius 1 is 0.455 bits per heavy atom. The number of benzene rings is 2. The molecule has 0 amide bonds. The van der Waals surface area contributed by atoms with Crippen LogP contribution in [0.4, 0.5) is 11.4 Å². The first-order chi connectivity index (χ1) is 21.5. The van der Waals surface area contributed by atoms with Crippen molar-refractivity contribution in [2.75, 3.05) is 0 Å². The van der Waals surface area contributed by atoms with Crippen LogP contribution in [0, 0.1) is 13.8 Å². The first-order valence-electron chi connectivity index (χ1n) is 18.9. The summed E-state index contributed by atoms with van der Waals surface area (Å²) >= 11 is 0. The Kier molecular flexibility index (Phi) is 21.6. The molecular formula is C42H68N2. The molecule has 0 saturated heterocycles. The van der Waals surface area contributed by atoms with Gasteiger partial charge in [-0.25, -0.2) is 0 Å². The lowest BCUT2D eigenvalue weighted by molar-refractivity contribution is 0.532. The van der Waals surface area contributed by atoms with Crippen LogP contribution in [0.15, 0.2) is 52.4 Å².